The van der Waals surface area contributed by atoms with Crippen LogP contribution in [0.15, 0.2) is 71.8 Å². The van der Waals surface area contributed by atoms with Crippen molar-refractivity contribution in [2.24, 2.45) is 22.7 Å². The topological polar surface area (TPSA) is 207 Å². The number of benzene rings is 2. The number of rotatable bonds is 13. The molecule has 0 radical (unpaired) electrons. The standard InChI is InChI=1S/C49H66N2O13/c1-11-51(12-2)24-23-32-36-28(3)33(61-43(57)38(54)37(30-19-15-13-16-20-30)50-44(58)64-45(5,6)7)26-49(59,46(36,8)9)41(62-42(56)31-21-17-14-18-22-31)39-47(10,40(32)55)34(53)25-35-48(39,27-60-35)63-29(4)52/h13-22,32-35,37-39,41,53-54,59H,11-12,23-27H2,1-10H3,(H,50,58)/t32-,33+,34+,35-,37+,38-,39+,41+,47-,48+,49-/m1/s1. The smallest absolute Gasteiger partial charge is 0.408 e. The fraction of sp³-hybridized carbons (Fsp3) is 0.612. The minimum absolute atomic E-state index is 0.0774. The number of aliphatic hydroxyl groups excluding tert-OH is 2. The Balaban J connectivity index is 1.55. The first-order valence-electron chi connectivity index (χ1n) is 22.3. The van der Waals surface area contributed by atoms with Crippen LogP contribution in [0, 0.1) is 22.7 Å². The molecule has 0 spiro atoms. The minimum Gasteiger partial charge on any atom is -0.456 e. The average molecular weight is 891 g/mol. The number of carbonyl (C=O) groups is 5. The third kappa shape index (κ3) is 8.73. The van der Waals surface area contributed by atoms with Crippen LogP contribution >= 0.6 is 0 Å². The van der Waals surface area contributed by atoms with Crippen molar-refractivity contribution in [3.63, 3.8) is 0 Å². The Labute approximate surface area is 375 Å². The highest BCUT2D eigenvalue weighted by Crippen LogP contribution is 2.65. The second-order valence-corrected chi connectivity index (χ2v) is 19.5. The Morgan fingerprint density at radius 1 is 0.969 bits per heavy atom. The van der Waals surface area contributed by atoms with Crippen molar-refractivity contribution in [1.29, 1.82) is 0 Å². The van der Waals surface area contributed by atoms with Gasteiger partial charge in [-0.15, -0.1) is 0 Å². The van der Waals surface area contributed by atoms with Crippen LogP contribution < -0.4 is 5.32 Å². The maximum absolute atomic E-state index is 16.0. The van der Waals surface area contributed by atoms with Gasteiger partial charge in [-0.25, -0.2) is 14.4 Å². The predicted octanol–water partition coefficient (Wildman–Crippen LogP) is 5.25. The van der Waals surface area contributed by atoms with Gasteiger partial charge in [0.15, 0.2) is 11.7 Å². The first-order valence-corrected chi connectivity index (χ1v) is 22.3. The molecule has 3 aliphatic carbocycles. The SMILES string of the molecule is CCN(CC)CC[C@H]1C(=O)[C@@]2(C)[C@H]([C@H](OC(=O)c3ccccc3)[C@]3(O)C[C@H](OC(=O)[C@H](O)[C@@H](NC(=O)OC(C)(C)C)c4ccccc4)C(C)=C1C3(C)C)[C@]1(OC(C)=O)CO[C@@H]1C[C@@H]2O. The highest BCUT2D eigenvalue weighted by atomic mass is 16.6. The largest absolute Gasteiger partial charge is 0.456 e. The molecule has 6 rings (SSSR count). The Morgan fingerprint density at radius 3 is 2.12 bits per heavy atom. The van der Waals surface area contributed by atoms with E-state index in [4.69, 9.17) is 23.7 Å². The summed E-state index contributed by atoms with van der Waals surface area (Å²) in [6, 6.07) is 15.1. The molecule has 15 nitrogen and oxygen atoms in total. The highest BCUT2D eigenvalue weighted by Gasteiger charge is 2.78. The summed E-state index contributed by atoms with van der Waals surface area (Å²) in [5.41, 5.74) is -6.61. The fourth-order valence-electron chi connectivity index (χ4n) is 10.9. The van der Waals surface area contributed by atoms with E-state index in [0.717, 1.165) is 0 Å². The first-order chi connectivity index (χ1) is 30.0. The fourth-order valence-corrected chi connectivity index (χ4v) is 10.9. The number of nitrogens with one attached hydrogen (secondary N) is 1. The quantitative estimate of drug-likeness (QED) is 0.115. The Bertz CT molecular complexity index is 2100. The maximum atomic E-state index is 16.0. The molecule has 1 saturated heterocycles. The summed E-state index contributed by atoms with van der Waals surface area (Å²) in [6.07, 6.45) is -8.50. The normalized spacial score (nSPS) is 31.8. The van der Waals surface area contributed by atoms with E-state index in [9.17, 15) is 34.5 Å². The molecule has 1 aliphatic heterocycles. The number of hydrogen-bond donors (Lipinski definition) is 4. The van der Waals surface area contributed by atoms with Crippen LogP contribution in [0.2, 0.25) is 0 Å². The number of aliphatic hydroxyl groups is 3. The Kier molecular flexibility index (Phi) is 14.0. The minimum atomic E-state index is -2.22. The first kappa shape index (κ1) is 48.8. The van der Waals surface area contributed by atoms with Crippen molar-refractivity contribution < 1.29 is 63.0 Å². The van der Waals surface area contributed by atoms with E-state index >= 15 is 4.79 Å². The zero-order chi connectivity index (χ0) is 47.2. The third-order valence-electron chi connectivity index (χ3n) is 14.3. The van der Waals surface area contributed by atoms with Crippen molar-refractivity contribution in [3.05, 3.63) is 82.9 Å². The van der Waals surface area contributed by atoms with Crippen molar-refractivity contribution in [2.45, 2.75) is 142 Å². The number of amides is 1. The van der Waals surface area contributed by atoms with Crippen LogP contribution in [-0.4, -0.2) is 124 Å². The molecule has 2 aromatic carbocycles. The molecule has 1 heterocycles. The van der Waals surface area contributed by atoms with Crippen LogP contribution in [-0.2, 0) is 38.1 Å². The summed E-state index contributed by atoms with van der Waals surface area (Å²) in [4.78, 5) is 73.2. The van der Waals surface area contributed by atoms with Gasteiger partial charge in [-0.1, -0.05) is 76.2 Å². The third-order valence-corrected chi connectivity index (χ3v) is 14.3. The van der Waals surface area contributed by atoms with Gasteiger partial charge in [0.2, 0.25) is 0 Å². The van der Waals surface area contributed by atoms with Gasteiger partial charge < -0.3 is 49.2 Å². The molecule has 1 amide bonds. The lowest BCUT2D eigenvalue weighted by Gasteiger charge is -2.67. The summed E-state index contributed by atoms with van der Waals surface area (Å²) < 4.78 is 30.4. The molecule has 4 aliphatic rings. The van der Waals surface area contributed by atoms with E-state index in [0.29, 0.717) is 36.3 Å². The lowest BCUT2D eigenvalue weighted by atomic mass is 9.43. The van der Waals surface area contributed by atoms with Gasteiger partial charge in [0.25, 0.3) is 0 Å². The summed E-state index contributed by atoms with van der Waals surface area (Å²) in [5.74, 6) is -5.51. The van der Waals surface area contributed by atoms with E-state index in [-0.39, 0.29) is 25.0 Å². The van der Waals surface area contributed by atoms with Crippen molar-refractivity contribution in [1.82, 2.24) is 10.2 Å². The average Bonchev–Trinajstić information content (AvgIpc) is 3.23. The Hall–Kier alpha value is -4.67. The number of nitrogens with zero attached hydrogens (tertiary/aromatic N) is 1. The molecular formula is C49H66N2O13. The summed E-state index contributed by atoms with van der Waals surface area (Å²) in [5, 5.41) is 40.6. The molecule has 3 fully saturated rings. The lowest BCUT2D eigenvalue weighted by molar-refractivity contribution is -0.345. The van der Waals surface area contributed by atoms with Crippen molar-refractivity contribution in [2.75, 3.05) is 26.2 Å². The molecule has 0 unspecified atom stereocenters. The number of fused-ring (bicyclic) bond motifs is 5. The molecule has 15 heteroatoms. The van der Waals surface area contributed by atoms with Crippen LogP contribution in [0.4, 0.5) is 4.79 Å². The van der Waals surface area contributed by atoms with Gasteiger partial charge in [0.05, 0.1) is 35.6 Å². The van der Waals surface area contributed by atoms with Gasteiger partial charge in [0.1, 0.15) is 35.3 Å². The van der Waals surface area contributed by atoms with E-state index in [1.807, 2.05) is 13.8 Å². The molecule has 2 saturated carbocycles. The Morgan fingerprint density at radius 2 is 1.58 bits per heavy atom. The number of hydrogen-bond acceptors (Lipinski definition) is 14. The van der Waals surface area contributed by atoms with Gasteiger partial charge in [-0.2, -0.15) is 0 Å². The van der Waals surface area contributed by atoms with E-state index in [1.165, 1.54) is 19.1 Å². The molecule has 0 aromatic heterocycles. The number of Topliss-reactive ketones (excluding diaryl/α,β-unsaturated/α-hetero) is 1. The number of ketones is 1. The number of esters is 3. The predicted molar refractivity (Wildman–Crippen MR) is 233 cm³/mol. The highest BCUT2D eigenvalue weighted by molar-refractivity contribution is 5.93. The zero-order valence-corrected chi connectivity index (χ0v) is 38.7. The number of carbonyl (C=O) groups excluding carboxylic acids is 5. The van der Waals surface area contributed by atoms with E-state index < -0.39 is 112 Å². The van der Waals surface area contributed by atoms with Crippen LogP contribution in [0.25, 0.3) is 0 Å². The molecular weight excluding hydrogens is 825 g/mol. The molecule has 2 bridgehead atoms. The molecule has 11 atom stereocenters. The zero-order valence-electron chi connectivity index (χ0n) is 38.7. The van der Waals surface area contributed by atoms with Crippen LogP contribution in [0.3, 0.4) is 0 Å². The molecule has 4 N–H and O–H groups in total. The van der Waals surface area contributed by atoms with Gasteiger partial charge in [-0.3, -0.25) is 9.59 Å². The number of ether oxygens (including phenoxy) is 5. The summed E-state index contributed by atoms with van der Waals surface area (Å²) >= 11 is 0. The monoisotopic (exact) mass is 890 g/mol. The molecule has 2 aromatic rings. The van der Waals surface area contributed by atoms with Crippen molar-refractivity contribution >= 4 is 29.8 Å². The van der Waals surface area contributed by atoms with E-state index in [1.54, 1.807) is 97.0 Å². The second-order valence-electron chi connectivity index (χ2n) is 19.5. The summed E-state index contributed by atoms with van der Waals surface area (Å²) in [7, 11) is 0. The van der Waals surface area contributed by atoms with Crippen LogP contribution in [0.5, 0.6) is 0 Å². The molecule has 350 valence electrons. The maximum Gasteiger partial charge on any atom is 0.408 e. The van der Waals surface area contributed by atoms with Crippen LogP contribution in [0.1, 0.15) is 110 Å². The molecule has 64 heavy (non-hydrogen) atoms. The second kappa shape index (κ2) is 18.3. The van der Waals surface area contributed by atoms with Gasteiger partial charge in [-0.05, 0) is 89.5 Å². The van der Waals surface area contributed by atoms with Gasteiger partial charge >= 0.3 is 24.0 Å². The van der Waals surface area contributed by atoms with E-state index in [2.05, 4.69) is 10.2 Å². The van der Waals surface area contributed by atoms with Gasteiger partial charge in [0, 0.05) is 31.1 Å². The lowest BCUT2D eigenvalue weighted by Crippen LogP contribution is -2.81. The van der Waals surface area contributed by atoms with Crippen molar-refractivity contribution in [3.8, 4) is 0 Å². The number of alkyl carbamates (subject to hydrolysis) is 1. The summed E-state index contributed by atoms with van der Waals surface area (Å²) in [6.45, 7) is 18.7.